The molecule has 0 spiro atoms. The zero-order valence-corrected chi connectivity index (χ0v) is 20.9. The average molecular weight is 447 g/mol. The van der Waals surface area contributed by atoms with Gasteiger partial charge in [-0.15, -0.1) is 0 Å². The van der Waals surface area contributed by atoms with Crippen molar-refractivity contribution in [2.24, 2.45) is 0 Å². The van der Waals surface area contributed by atoms with Crippen LogP contribution in [0.3, 0.4) is 0 Å². The Morgan fingerprint density at radius 2 is 1.00 bits per heavy atom. The summed E-state index contributed by atoms with van der Waals surface area (Å²) in [6, 6.07) is 21.5. The molecule has 2 heterocycles. The lowest BCUT2D eigenvalue weighted by Crippen LogP contribution is -2.34. The molecule has 2 aliphatic carbocycles. The average Bonchev–Trinajstić information content (AvgIpc) is 3.53. The van der Waals surface area contributed by atoms with Gasteiger partial charge in [0.15, 0.2) is 0 Å². The molecular formula is C30H30N2Si. The normalized spacial score (nSPS) is 19.6. The second kappa shape index (κ2) is 7.36. The van der Waals surface area contributed by atoms with Crippen LogP contribution in [0.1, 0.15) is 13.8 Å². The molecule has 0 aromatic heterocycles. The zero-order valence-electron chi connectivity index (χ0n) is 19.9. The number of fused-ring (bicyclic) bond motifs is 2. The highest BCUT2D eigenvalue weighted by atomic mass is 28.3. The number of rotatable bonds is 4. The Balaban J connectivity index is 1.37. The van der Waals surface area contributed by atoms with Crippen molar-refractivity contribution in [3.05, 3.63) is 129 Å². The van der Waals surface area contributed by atoms with Crippen LogP contribution >= 0.6 is 0 Å². The quantitative estimate of drug-likeness (QED) is 0.462. The van der Waals surface area contributed by atoms with Gasteiger partial charge in [0.25, 0.3) is 0 Å². The Labute approximate surface area is 198 Å². The summed E-state index contributed by atoms with van der Waals surface area (Å²) >= 11 is 0. The maximum Gasteiger partial charge on any atom is 0.114 e. The van der Waals surface area contributed by atoms with Crippen LogP contribution in [0.4, 0.5) is 11.4 Å². The lowest BCUT2D eigenvalue weighted by molar-refractivity contribution is 1.10. The van der Waals surface area contributed by atoms with E-state index in [0.717, 1.165) is 13.1 Å². The van der Waals surface area contributed by atoms with Crippen LogP contribution in [0.25, 0.3) is 0 Å². The monoisotopic (exact) mass is 446 g/mol. The van der Waals surface area contributed by atoms with Gasteiger partial charge in [0.2, 0.25) is 0 Å². The summed E-state index contributed by atoms with van der Waals surface area (Å²) in [5.41, 5.74) is 11.4. The van der Waals surface area contributed by atoms with Crippen molar-refractivity contribution in [1.29, 1.82) is 0 Å². The van der Waals surface area contributed by atoms with Crippen LogP contribution in [0.5, 0.6) is 0 Å². The first-order valence-electron chi connectivity index (χ1n) is 11.9. The van der Waals surface area contributed by atoms with Gasteiger partial charge >= 0.3 is 0 Å². The summed E-state index contributed by atoms with van der Waals surface area (Å²) in [5, 5.41) is 3.22. The van der Waals surface area contributed by atoms with E-state index in [4.69, 9.17) is 0 Å². The second-order valence-corrected chi connectivity index (χ2v) is 14.3. The van der Waals surface area contributed by atoms with Crippen molar-refractivity contribution in [3.8, 4) is 0 Å². The topological polar surface area (TPSA) is 6.48 Å². The van der Waals surface area contributed by atoms with Crippen molar-refractivity contribution in [2.75, 3.05) is 22.9 Å². The first kappa shape index (κ1) is 20.3. The van der Waals surface area contributed by atoms with Gasteiger partial charge in [0.05, 0.1) is 0 Å². The number of hydrogen-bond acceptors (Lipinski definition) is 2. The molecule has 0 saturated heterocycles. The summed E-state index contributed by atoms with van der Waals surface area (Å²) in [6.45, 7) is 11.7. The molecule has 33 heavy (non-hydrogen) atoms. The highest BCUT2D eigenvalue weighted by Crippen LogP contribution is 2.49. The van der Waals surface area contributed by atoms with Crippen LogP contribution in [-0.4, -0.2) is 21.2 Å². The molecule has 0 N–H and O–H groups in total. The first-order valence-corrected chi connectivity index (χ1v) is 14.9. The molecule has 2 aromatic carbocycles. The van der Waals surface area contributed by atoms with E-state index < -0.39 is 8.07 Å². The molecule has 0 unspecified atom stereocenters. The number of anilines is 2. The highest BCUT2D eigenvalue weighted by Gasteiger charge is 2.44. The van der Waals surface area contributed by atoms with Gasteiger partial charge in [-0.1, -0.05) is 72.8 Å². The molecule has 2 aliphatic heterocycles. The van der Waals surface area contributed by atoms with E-state index in [1.54, 1.807) is 10.4 Å². The van der Waals surface area contributed by atoms with E-state index in [0.29, 0.717) is 0 Å². The van der Waals surface area contributed by atoms with Crippen LogP contribution in [0.15, 0.2) is 129 Å². The van der Waals surface area contributed by atoms with Gasteiger partial charge in [0, 0.05) is 36.9 Å². The number of benzene rings is 2. The van der Waals surface area contributed by atoms with Gasteiger partial charge in [-0.3, -0.25) is 0 Å². The third-order valence-electron chi connectivity index (χ3n) is 7.48. The summed E-state index contributed by atoms with van der Waals surface area (Å²) in [6.07, 6.45) is 9.69. The molecule has 0 radical (unpaired) electrons. The highest BCUT2D eigenvalue weighted by molar-refractivity contribution is 6.93. The molecule has 0 bridgehead atoms. The van der Waals surface area contributed by atoms with E-state index in [1.807, 2.05) is 0 Å². The molecule has 0 saturated carbocycles. The van der Waals surface area contributed by atoms with E-state index in [9.17, 15) is 0 Å². The molecular weight excluding hydrogens is 416 g/mol. The van der Waals surface area contributed by atoms with Crippen molar-refractivity contribution < 1.29 is 0 Å². The Kier molecular flexibility index (Phi) is 4.53. The molecule has 4 aliphatic rings. The number of allylic oxidation sites excluding steroid dienone is 6. The Morgan fingerprint density at radius 1 is 0.606 bits per heavy atom. The zero-order chi connectivity index (χ0) is 22.7. The van der Waals surface area contributed by atoms with E-state index in [2.05, 4.69) is 122 Å². The van der Waals surface area contributed by atoms with Crippen LogP contribution in [0, 0.1) is 0 Å². The fourth-order valence-corrected chi connectivity index (χ4v) is 10.4. The Bertz CT molecular complexity index is 1230. The third kappa shape index (κ3) is 3.14. The summed E-state index contributed by atoms with van der Waals surface area (Å²) in [7, 11) is -1.93. The van der Waals surface area contributed by atoms with Crippen LogP contribution in [-0.2, 0) is 0 Å². The minimum Gasteiger partial charge on any atom is -0.343 e. The summed E-state index contributed by atoms with van der Waals surface area (Å²) in [4.78, 5) is 4.81. The first-order chi connectivity index (χ1) is 15.9. The van der Waals surface area contributed by atoms with Crippen LogP contribution in [0.2, 0.25) is 13.1 Å². The predicted molar refractivity (Wildman–Crippen MR) is 143 cm³/mol. The number of hydrogen-bond donors (Lipinski definition) is 0. The maximum atomic E-state index is 2.55. The van der Waals surface area contributed by atoms with Crippen molar-refractivity contribution in [3.63, 3.8) is 0 Å². The van der Waals surface area contributed by atoms with Crippen molar-refractivity contribution in [2.45, 2.75) is 26.9 Å². The standard InChI is InChI=1S/C30H30N2Si/c1-21-15-23-17-31(25-11-7-5-8-12-25)19-27(23)29(21)33(3,4)30-22(2)16-24-18-32(20-28(24)30)26-13-9-6-10-14-26/h5-16,19-20H,17-18H2,1-4H3. The Morgan fingerprint density at radius 3 is 1.39 bits per heavy atom. The molecule has 0 amide bonds. The molecule has 164 valence electrons. The second-order valence-electron chi connectivity index (χ2n) is 10.1. The smallest absolute Gasteiger partial charge is 0.114 e. The predicted octanol–water partition coefficient (Wildman–Crippen LogP) is 7.09. The number of para-hydroxylation sites is 2. The number of nitrogens with zero attached hydrogens (tertiary/aromatic N) is 2. The molecule has 6 rings (SSSR count). The Hall–Kier alpha value is -3.30. The lowest BCUT2D eigenvalue weighted by Gasteiger charge is -2.30. The van der Waals surface area contributed by atoms with Crippen molar-refractivity contribution in [1.82, 2.24) is 0 Å². The van der Waals surface area contributed by atoms with Gasteiger partial charge in [0.1, 0.15) is 8.07 Å². The SMILES string of the molecule is CC1=C([Si](C)(C)C2=C(C)C=C3CN(c4ccccc4)C=C32)C2=CN(c3ccccc3)CC2=C1. The fourth-order valence-electron chi connectivity index (χ4n) is 6.25. The van der Waals surface area contributed by atoms with E-state index >= 15 is 0 Å². The summed E-state index contributed by atoms with van der Waals surface area (Å²) in [5.74, 6) is 0. The molecule has 2 aromatic rings. The van der Waals surface area contributed by atoms with Crippen molar-refractivity contribution >= 4 is 19.4 Å². The van der Waals surface area contributed by atoms with Gasteiger partial charge in [-0.05, 0) is 70.8 Å². The molecule has 0 fully saturated rings. The fraction of sp³-hybridized carbons (Fsp3) is 0.200. The lowest BCUT2D eigenvalue weighted by atomic mass is 10.2. The van der Waals surface area contributed by atoms with Gasteiger partial charge in [-0.2, -0.15) is 0 Å². The maximum absolute atomic E-state index is 2.55. The van der Waals surface area contributed by atoms with Gasteiger partial charge in [-0.25, -0.2) is 0 Å². The molecule has 0 atom stereocenters. The van der Waals surface area contributed by atoms with E-state index in [-0.39, 0.29) is 0 Å². The third-order valence-corrected chi connectivity index (χ3v) is 11.3. The largest absolute Gasteiger partial charge is 0.343 e. The minimum atomic E-state index is -1.93. The van der Waals surface area contributed by atoms with Gasteiger partial charge < -0.3 is 9.80 Å². The molecule has 3 heteroatoms. The van der Waals surface area contributed by atoms with E-state index in [1.165, 1.54) is 44.8 Å². The molecule has 2 nitrogen and oxygen atoms in total. The minimum absolute atomic E-state index is 0.969. The van der Waals surface area contributed by atoms with Crippen LogP contribution < -0.4 is 9.80 Å². The summed E-state index contributed by atoms with van der Waals surface area (Å²) < 4.78 is 0.